The Hall–Kier alpha value is -2.55. The van der Waals surface area contributed by atoms with E-state index in [2.05, 4.69) is 56.2 Å². The predicted molar refractivity (Wildman–Crippen MR) is 87.6 cm³/mol. The van der Waals surface area contributed by atoms with Crippen molar-refractivity contribution < 1.29 is 0 Å². The molecule has 21 heavy (non-hydrogen) atoms. The monoisotopic (exact) mass is 277 g/mol. The Balaban J connectivity index is 2.12. The van der Waals surface area contributed by atoms with E-state index < -0.39 is 0 Å². The molecule has 2 N–H and O–H groups in total. The molecule has 2 aromatic carbocycles. The van der Waals surface area contributed by atoms with Crippen molar-refractivity contribution in [1.29, 1.82) is 0 Å². The predicted octanol–water partition coefficient (Wildman–Crippen LogP) is 4.05. The van der Waals surface area contributed by atoms with Gasteiger partial charge in [-0.25, -0.2) is 4.68 Å². The van der Waals surface area contributed by atoms with Gasteiger partial charge in [-0.1, -0.05) is 30.3 Å². The van der Waals surface area contributed by atoms with Crippen molar-refractivity contribution >= 4 is 5.69 Å². The zero-order valence-electron chi connectivity index (χ0n) is 12.6. The van der Waals surface area contributed by atoms with Gasteiger partial charge in [-0.2, -0.15) is 5.10 Å². The fourth-order valence-electron chi connectivity index (χ4n) is 2.65. The lowest BCUT2D eigenvalue weighted by Gasteiger charge is -2.05. The summed E-state index contributed by atoms with van der Waals surface area (Å²) < 4.78 is 1.86. The van der Waals surface area contributed by atoms with Crippen LogP contribution in [-0.2, 0) is 0 Å². The highest BCUT2D eigenvalue weighted by Gasteiger charge is 2.11. The highest BCUT2D eigenvalue weighted by molar-refractivity contribution is 5.74. The van der Waals surface area contributed by atoms with E-state index in [-0.39, 0.29) is 0 Å². The first kappa shape index (κ1) is 13.4. The molecule has 0 fully saturated rings. The van der Waals surface area contributed by atoms with Crippen molar-refractivity contribution in [2.24, 2.45) is 0 Å². The highest BCUT2D eigenvalue weighted by Crippen LogP contribution is 2.28. The van der Waals surface area contributed by atoms with Crippen LogP contribution in [0.3, 0.4) is 0 Å². The summed E-state index contributed by atoms with van der Waals surface area (Å²) in [7, 11) is 0. The molecule has 0 aliphatic carbocycles. The third-order valence-electron chi connectivity index (χ3n) is 3.61. The molecule has 0 spiro atoms. The molecule has 0 aliphatic rings. The minimum absolute atomic E-state index is 0.698. The third-order valence-corrected chi connectivity index (χ3v) is 3.61. The highest BCUT2D eigenvalue weighted by atomic mass is 15.3. The second kappa shape index (κ2) is 5.09. The lowest BCUT2D eigenvalue weighted by atomic mass is 10.1. The quantitative estimate of drug-likeness (QED) is 0.768. The van der Waals surface area contributed by atoms with Crippen molar-refractivity contribution in [2.75, 3.05) is 5.73 Å². The van der Waals surface area contributed by atoms with E-state index in [1.54, 1.807) is 0 Å². The average Bonchev–Trinajstić information content (AvgIpc) is 2.80. The molecular formula is C18H19N3. The molecular weight excluding hydrogens is 258 g/mol. The van der Waals surface area contributed by atoms with Crippen molar-refractivity contribution in [1.82, 2.24) is 9.78 Å². The van der Waals surface area contributed by atoms with E-state index in [0.717, 1.165) is 16.9 Å². The van der Waals surface area contributed by atoms with Crippen LogP contribution < -0.4 is 5.73 Å². The Bertz CT molecular complexity index is 780. The number of nitrogens with zero attached hydrogens (tertiary/aromatic N) is 2. The van der Waals surface area contributed by atoms with Gasteiger partial charge in [0, 0.05) is 5.56 Å². The largest absolute Gasteiger partial charge is 0.396 e. The van der Waals surface area contributed by atoms with E-state index in [9.17, 15) is 0 Å². The lowest BCUT2D eigenvalue weighted by Crippen LogP contribution is -1.96. The number of hydrogen-bond donors (Lipinski definition) is 1. The van der Waals surface area contributed by atoms with E-state index in [4.69, 9.17) is 5.73 Å². The molecule has 0 radical (unpaired) electrons. The molecule has 1 heterocycles. The first-order valence-electron chi connectivity index (χ1n) is 7.04. The molecule has 0 amide bonds. The fraction of sp³-hybridized carbons (Fsp3) is 0.167. The molecule has 0 atom stereocenters. The summed E-state index contributed by atoms with van der Waals surface area (Å²) >= 11 is 0. The van der Waals surface area contributed by atoms with Gasteiger partial charge in [-0.15, -0.1) is 0 Å². The SMILES string of the molecule is Cc1cc(C)cc(-n2cc(N)c(-c3ccccc3C)n2)c1. The van der Waals surface area contributed by atoms with Crippen LogP contribution in [0.4, 0.5) is 5.69 Å². The molecule has 3 rings (SSSR count). The van der Waals surface area contributed by atoms with Gasteiger partial charge in [-0.05, 0) is 49.6 Å². The van der Waals surface area contributed by atoms with Crippen LogP contribution in [0.2, 0.25) is 0 Å². The minimum Gasteiger partial charge on any atom is -0.396 e. The third kappa shape index (κ3) is 2.55. The summed E-state index contributed by atoms with van der Waals surface area (Å²) in [5.41, 5.74) is 13.4. The van der Waals surface area contributed by atoms with Crippen molar-refractivity contribution in [2.45, 2.75) is 20.8 Å². The minimum atomic E-state index is 0.698. The summed E-state index contributed by atoms with van der Waals surface area (Å²) in [4.78, 5) is 0. The molecule has 106 valence electrons. The lowest BCUT2D eigenvalue weighted by molar-refractivity contribution is 0.881. The first-order chi connectivity index (χ1) is 10.0. The normalized spacial score (nSPS) is 10.8. The van der Waals surface area contributed by atoms with Gasteiger partial charge in [0.2, 0.25) is 0 Å². The molecule has 0 saturated carbocycles. The van der Waals surface area contributed by atoms with Crippen LogP contribution in [-0.4, -0.2) is 9.78 Å². The first-order valence-corrected chi connectivity index (χ1v) is 7.04. The molecule has 0 unspecified atom stereocenters. The van der Waals surface area contributed by atoms with Gasteiger partial charge in [0.1, 0.15) is 5.69 Å². The van der Waals surface area contributed by atoms with Crippen LogP contribution in [0.15, 0.2) is 48.7 Å². The van der Waals surface area contributed by atoms with Crippen LogP contribution in [0.25, 0.3) is 16.9 Å². The number of anilines is 1. The number of nitrogens with two attached hydrogens (primary N) is 1. The smallest absolute Gasteiger partial charge is 0.116 e. The molecule has 3 aromatic rings. The molecule has 1 aromatic heterocycles. The van der Waals surface area contributed by atoms with E-state index in [1.807, 2.05) is 23.0 Å². The summed E-state index contributed by atoms with van der Waals surface area (Å²) in [5, 5.41) is 4.68. The second-order valence-corrected chi connectivity index (χ2v) is 5.54. The van der Waals surface area contributed by atoms with Crippen LogP contribution in [0, 0.1) is 20.8 Å². The maximum absolute atomic E-state index is 6.17. The van der Waals surface area contributed by atoms with E-state index in [0.29, 0.717) is 5.69 Å². The maximum atomic E-state index is 6.17. The standard InChI is InChI=1S/C18H19N3/c1-12-8-13(2)10-15(9-12)21-11-17(19)18(20-21)16-7-5-4-6-14(16)3/h4-11H,19H2,1-3H3. The zero-order valence-corrected chi connectivity index (χ0v) is 12.6. The van der Waals surface area contributed by atoms with Crippen molar-refractivity contribution in [3.8, 4) is 16.9 Å². The van der Waals surface area contributed by atoms with Gasteiger partial charge in [0.05, 0.1) is 17.6 Å². The Morgan fingerprint density at radius 1 is 0.952 bits per heavy atom. The van der Waals surface area contributed by atoms with Crippen LogP contribution in [0.1, 0.15) is 16.7 Å². The number of rotatable bonds is 2. The number of aromatic nitrogens is 2. The Morgan fingerprint density at radius 2 is 1.62 bits per heavy atom. The van der Waals surface area contributed by atoms with Crippen molar-refractivity contribution in [3.05, 3.63) is 65.4 Å². The van der Waals surface area contributed by atoms with E-state index in [1.165, 1.54) is 16.7 Å². The van der Waals surface area contributed by atoms with Crippen LogP contribution >= 0.6 is 0 Å². The second-order valence-electron chi connectivity index (χ2n) is 5.54. The summed E-state index contributed by atoms with van der Waals surface area (Å²) in [6, 6.07) is 14.5. The van der Waals surface area contributed by atoms with Gasteiger partial charge in [0.15, 0.2) is 0 Å². The summed E-state index contributed by atoms with van der Waals surface area (Å²) in [6.45, 7) is 6.25. The van der Waals surface area contributed by atoms with Gasteiger partial charge < -0.3 is 5.73 Å². The maximum Gasteiger partial charge on any atom is 0.116 e. The van der Waals surface area contributed by atoms with Gasteiger partial charge in [0.25, 0.3) is 0 Å². The van der Waals surface area contributed by atoms with E-state index >= 15 is 0 Å². The Labute approximate surface area is 125 Å². The Morgan fingerprint density at radius 3 is 2.29 bits per heavy atom. The molecule has 3 heteroatoms. The Kier molecular flexibility index (Phi) is 3.26. The molecule has 0 aliphatic heterocycles. The van der Waals surface area contributed by atoms with Crippen molar-refractivity contribution in [3.63, 3.8) is 0 Å². The fourth-order valence-corrected chi connectivity index (χ4v) is 2.65. The van der Waals surface area contributed by atoms with Crippen LogP contribution in [0.5, 0.6) is 0 Å². The topological polar surface area (TPSA) is 43.8 Å². The molecule has 0 bridgehead atoms. The summed E-state index contributed by atoms with van der Waals surface area (Å²) in [5.74, 6) is 0. The average molecular weight is 277 g/mol. The summed E-state index contributed by atoms with van der Waals surface area (Å²) in [6.07, 6.45) is 1.88. The number of aryl methyl sites for hydroxylation is 3. The van der Waals surface area contributed by atoms with Gasteiger partial charge >= 0.3 is 0 Å². The molecule has 0 saturated heterocycles. The number of hydrogen-bond acceptors (Lipinski definition) is 2. The zero-order chi connectivity index (χ0) is 15.0. The molecule has 3 nitrogen and oxygen atoms in total. The van der Waals surface area contributed by atoms with Gasteiger partial charge in [-0.3, -0.25) is 0 Å². The number of nitrogen functional groups attached to an aromatic ring is 1. The number of benzene rings is 2.